The zero-order valence-electron chi connectivity index (χ0n) is 27.1. The average molecular weight is 759 g/mol. The van der Waals surface area contributed by atoms with E-state index in [9.17, 15) is 71.2 Å². The summed E-state index contributed by atoms with van der Waals surface area (Å²) >= 11 is 0. The SMILES string of the molecule is O=c1c(OC[C@@H]2OC(CO[C@@H]3OC(O)[C@H](O)[C@H](O)C3O)[C@H](O)[C@@H](O)C2O[C@@H]2OC(O)[C@H](O)[C@H](O)C2O)c(-c2ccc(O)cc2)oc2cc(O)cc(O)c12. The van der Waals surface area contributed by atoms with Gasteiger partial charge in [-0.05, 0) is 24.3 Å². The number of hydrogen-bond donors (Lipinski definition) is 13. The van der Waals surface area contributed by atoms with Crippen molar-refractivity contribution in [3.05, 3.63) is 46.6 Å². The van der Waals surface area contributed by atoms with Crippen LogP contribution in [-0.2, 0) is 23.7 Å². The highest BCUT2D eigenvalue weighted by Crippen LogP contribution is 2.37. The highest BCUT2D eigenvalue weighted by Gasteiger charge is 2.51. The summed E-state index contributed by atoms with van der Waals surface area (Å²) in [5.74, 6) is -2.11. The van der Waals surface area contributed by atoms with Crippen LogP contribution in [0.3, 0.4) is 0 Å². The van der Waals surface area contributed by atoms with Crippen molar-refractivity contribution >= 4 is 11.0 Å². The molecule has 53 heavy (non-hydrogen) atoms. The number of phenolic OH excluding ortho intramolecular Hbond substituents is 3. The maximum atomic E-state index is 13.8. The van der Waals surface area contributed by atoms with Crippen LogP contribution in [0.1, 0.15) is 0 Å². The van der Waals surface area contributed by atoms with E-state index < -0.39 is 134 Å². The van der Waals surface area contributed by atoms with Crippen molar-refractivity contribution < 1.29 is 99.2 Å². The largest absolute Gasteiger partial charge is 0.508 e. The molecule has 3 aromatic rings. The zero-order valence-corrected chi connectivity index (χ0v) is 27.1. The lowest BCUT2D eigenvalue weighted by Gasteiger charge is -2.46. The fourth-order valence-electron chi connectivity index (χ4n) is 6.08. The van der Waals surface area contributed by atoms with Crippen molar-refractivity contribution in [2.75, 3.05) is 13.2 Å². The Balaban J connectivity index is 1.32. The highest BCUT2D eigenvalue weighted by atomic mass is 16.8. The summed E-state index contributed by atoms with van der Waals surface area (Å²) in [7, 11) is 0. The molecule has 292 valence electrons. The molecule has 3 fully saturated rings. The quantitative estimate of drug-likeness (QED) is 0.0975. The molecule has 6 unspecified atom stereocenters. The molecule has 21 nitrogen and oxygen atoms in total. The molecule has 21 heteroatoms. The average Bonchev–Trinajstić information content (AvgIpc) is 3.12. The Kier molecular flexibility index (Phi) is 11.4. The molecule has 3 aliphatic heterocycles. The topological polar surface area (TPSA) is 349 Å². The minimum Gasteiger partial charge on any atom is -0.508 e. The molecule has 3 saturated heterocycles. The first-order valence-electron chi connectivity index (χ1n) is 16.1. The van der Waals surface area contributed by atoms with Crippen LogP contribution in [-0.4, -0.2) is 172 Å². The Bertz CT molecular complexity index is 1780. The highest BCUT2D eigenvalue weighted by molar-refractivity contribution is 5.88. The van der Waals surface area contributed by atoms with Gasteiger partial charge >= 0.3 is 0 Å². The van der Waals surface area contributed by atoms with Crippen molar-refractivity contribution in [3.8, 4) is 34.3 Å². The summed E-state index contributed by atoms with van der Waals surface area (Å²) in [5, 5.41) is 133. The number of benzene rings is 2. The predicted octanol–water partition coefficient (Wildman–Crippen LogP) is -4.64. The third kappa shape index (κ3) is 7.64. The standard InChI is InChI=1S/C32H38O21/c33-10-3-1-9(2-4-10)26-28(18(37)16-12(35)5-11(34)6-13(16)50-26)47-8-15-27(51-32-25(44)20(39)23(42)30(46)53-32)21(40)17(36)14(49-15)7-48-31-24(43)19(38)22(41)29(45)52-31/h1-6,14-15,17,19-25,27,29-36,38-46H,7-8H2/t14?,15-,17-,19-,20-,21+,22+,23+,24?,25?,27?,29?,30?,31+,32+/m0/s1. The van der Waals surface area contributed by atoms with Crippen LogP contribution in [0.15, 0.2) is 45.6 Å². The van der Waals surface area contributed by atoms with E-state index in [1.165, 1.54) is 24.3 Å². The number of aliphatic hydroxyl groups is 10. The normalized spacial score (nSPS) is 37.8. The number of aliphatic hydroxyl groups excluding tert-OH is 10. The summed E-state index contributed by atoms with van der Waals surface area (Å²) in [6, 6.07) is 7.17. The van der Waals surface area contributed by atoms with Gasteiger partial charge in [-0.2, -0.15) is 0 Å². The van der Waals surface area contributed by atoms with Crippen molar-refractivity contribution in [1.29, 1.82) is 0 Å². The Labute approximate surface area is 296 Å². The van der Waals surface area contributed by atoms with Gasteiger partial charge in [0.15, 0.2) is 30.9 Å². The Morgan fingerprint density at radius 2 is 1.21 bits per heavy atom. The summed E-state index contributed by atoms with van der Waals surface area (Å²) in [4.78, 5) is 13.8. The second kappa shape index (κ2) is 15.5. The van der Waals surface area contributed by atoms with Crippen LogP contribution >= 0.6 is 0 Å². The third-order valence-corrected chi connectivity index (χ3v) is 9.03. The number of rotatable bonds is 9. The van der Waals surface area contributed by atoms with Crippen molar-refractivity contribution in [2.45, 2.75) is 92.3 Å². The second-order valence-electron chi connectivity index (χ2n) is 12.6. The molecule has 1 aromatic heterocycles. The van der Waals surface area contributed by atoms with Crippen LogP contribution in [0, 0.1) is 0 Å². The monoisotopic (exact) mass is 758 g/mol. The number of hydrogen-bond acceptors (Lipinski definition) is 21. The van der Waals surface area contributed by atoms with Gasteiger partial charge in [0, 0.05) is 17.7 Å². The fraction of sp³-hybridized carbons (Fsp3) is 0.531. The summed E-state index contributed by atoms with van der Waals surface area (Å²) in [6.45, 7) is -1.52. The van der Waals surface area contributed by atoms with Crippen molar-refractivity contribution in [1.82, 2.24) is 0 Å². The summed E-state index contributed by atoms with van der Waals surface area (Å²) in [5.41, 5.74) is -1.06. The molecule has 0 bridgehead atoms. The number of phenols is 3. The number of fused-ring (bicyclic) bond motifs is 1. The van der Waals surface area contributed by atoms with Gasteiger partial charge in [-0.25, -0.2) is 0 Å². The van der Waals surface area contributed by atoms with Crippen LogP contribution in [0.4, 0.5) is 0 Å². The second-order valence-corrected chi connectivity index (χ2v) is 12.6. The Hall–Kier alpha value is -3.75. The molecule has 4 heterocycles. The minimum absolute atomic E-state index is 0.146. The van der Waals surface area contributed by atoms with Gasteiger partial charge in [-0.15, -0.1) is 0 Å². The predicted molar refractivity (Wildman–Crippen MR) is 168 cm³/mol. The van der Waals surface area contributed by atoms with E-state index in [1.54, 1.807) is 0 Å². The maximum absolute atomic E-state index is 13.8. The first kappa shape index (κ1) is 39.0. The van der Waals surface area contributed by atoms with Crippen molar-refractivity contribution in [2.24, 2.45) is 0 Å². The smallest absolute Gasteiger partial charge is 0.239 e. The molecular weight excluding hydrogens is 720 g/mol. The summed E-state index contributed by atoms with van der Waals surface area (Å²) < 4.78 is 38.8. The molecular formula is C32H38O21. The van der Waals surface area contributed by atoms with Gasteiger partial charge in [0.05, 0.1) is 6.61 Å². The number of ether oxygens (including phenoxy) is 6. The molecule has 0 amide bonds. The van der Waals surface area contributed by atoms with E-state index in [-0.39, 0.29) is 22.7 Å². The van der Waals surface area contributed by atoms with Gasteiger partial charge in [-0.3, -0.25) is 4.79 Å². The first-order chi connectivity index (χ1) is 25.1. The van der Waals surface area contributed by atoms with E-state index >= 15 is 0 Å². The van der Waals surface area contributed by atoms with E-state index in [2.05, 4.69) is 0 Å². The molecule has 0 spiro atoms. The zero-order chi connectivity index (χ0) is 38.5. The van der Waals surface area contributed by atoms with E-state index in [0.29, 0.717) is 0 Å². The lowest BCUT2D eigenvalue weighted by atomic mass is 9.94. The maximum Gasteiger partial charge on any atom is 0.239 e. The van der Waals surface area contributed by atoms with Crippen molar-refractivity contribution in [3.63, 3.8) is 0 Å². The van der Waals surface area contributed by atoms with Crippen LogP contribution in [0.2, 0.25) is 0 Å². The third-order valence-electron chi connectivity index (χ3n) is 9.03. The van der Waals surface area contributed by atoms with Gasteiger partial charge in [0.25, 0.3) is 0 Å². The Morgan fingerprint density at radius 1 is 0.604 bits per heavy atom. The fourth-order valence-corrected chi connectivity index (χ4v) is 6.08. The summed E-state index contributed by atoms with van der Waals surface area (Å²) in [6.07, 6.45) is -28.4. The number of aromatic hydroxyl groups is 3. The molecule has 2 aromatic carbocycles. The minimum atomic E-state index is -2.07. The Morgan fingerprint density at radius 3 is 1.85 bits per heavy atom. The van der Waals surface area contributed by atoms with Crippen LogP contribution in [0.5, 0.6) is 23.0 Å². The molecule has 13 N–H and O–H groups in total. The van der Waals surface area contributed by atoms with E-state index in [0.717, 1.165) is 12.1 Å². The first-order valence-corrected chi connectivity index (χ1v) is 16.1. The lowest BCUT2D eigenvalue weighted by molar-refractivity contribution is -0.372. The lowest BCUT2D eigenvalue weighted by Crippen LogP contribution is -2.65. The van der Waals surface area contributed by atoms with E-state index in [4.69, 9.17) is 32.8 Å². The molecule has 0 aliphatic carbocycles. The van der Waals surface area contributed by atoms with Gasteiger partial charge < -0.3 is 99.2 Å². The van der Waals surface area contributed by atoms with Gasteiger partial charge in [-0.1, -0.05) is 0 Å². The molecule has 15 atom stereocenters. The molecule has 6 rings (SSSR count). The van der Waals surface area contributed by atoms with Gasteiger partial charge in [0.2, 0.25) is 11.2 Å². The van der Waals surface area contributed by atoms with Crippen LogP contribution in [0.25, 0.3) is 22.3 Å². The van der Waals surface area contributed by atoms with Gasteiger partial charge in [0.1, 0.15) is 102 Å². The molecule has 0 saturated carbocycles. The van der Waals surface area contributed by atoms with Crippen LogP contribution < -0.4 is 10.2 Å². The van der Waals surface area contributed by atoms with E-state index in [1.807, 2.05) is 0 Å². The molecule has 3 aliphatic rings. The molecule has 0 radical (unpaired) electrons.